The van der Waals surface area contributed by atoms with Crippen LogP contribution in [0.4, 0.5) is 0 Å². The highest BCUT2D eigenvalue weighted by Gasteiger charge is 2.12. The Bertz CT molecular complexity index is 305. The van der Waals surface area contributed by atoms with Crippen LogP contribution >= 0.6 is 0 Å². The highest BCUT2D eigenvalue weighted by atomic mass is 16.5. The summed E-state index contributed by atoms with van der Waals surface area (Å²) in [7, 11) is 0. The van der Waals surface area contributed by atoms with Crippen molar-refractivity contribution in [2.75, 3.05) is 0 Å². The molecule has 1 unspecified atom stereocenters. The minimum absolute atomic E-state index is 0.417. The minimum Gasteiger partial charge on any atom is -0.375 e. The van der Waals surface area contributed by atoms with E-state index in [2.05, 4.69) is 0 Å². The predicted molar refractivity (Wildman–Crippen MR) is 52.3 cm³/mol. The van der Waals surface area contributed by atoms with Gasteiger partial charge < -0.3 is 9.84 Å². The van der Waals surface area contributed by atoms with Crippen LogP contribution in [0.3, 0.4) is 0 Å². The first kappa shape index (κ1) is 10.7. The Hall–Kier alpha value is -1.37. The molecule has 1 aromatic rings. The summed E-state index contributed by atoms with van der Waals surface area (Å²) in [6.07, 6.45) is -1.51. The van der Waals surface area contributed by atoms with Crippen LogP contribution in [-0.4, -0.2) is 17.3 Å². The van der Waals surface area contributed by atoms with E-state index in [1.807, 2.05) is 30.3 Å². The van der Waals surface area contributed by atoms with Crippen molar-refractivity contribution >= 4 is 0 Å². The van der Waals surface area contributed by atoms with Gasteiger partial charge in [0.15, 0.2) is 6.10 Å². The molecule has 3 nitrogen and oxygen atoms in total. The van der Waals surface area contributed by atoms with E-state index in [1.165, 1.54) is 0 Å². The van der Waals surface area contributed by atoms with E-state index in [-0.39, 0.29) is 0 Å². The highest BCUT2D eigenvalue weighted by molar-refractivity contribution is 5.13. The predicted octanol–water partition coefficient (Wildman–Crippen LogP) is 1.48. The third-order valence-electron chi connectivity index (χ3n) is 1.93. The van der Waals surface area contributed by atoms with E-state index >= 15 is 0 Å². The number of aliphatic hydroxyl groups is 1. The molecule has 0 bridgehead atoms. The number of rotatable bonds is 4. The summed E-state index contributed by atoms with van der Waals surface area (Å²) < 4.78 is 5.31. The first-order chi connectivity index (χ1) is 6.74. The number of hydrogen-bond donors (Lipinski definition) is 1. The molecule has 74 valence electrons. The lowest BCUT2D eigenvalue weighted by Gasteiger charge is -2.13. The van der Waals surface area contributed by atoms with E-state index in [4.69, 9.17) is 15.1 Å². The molecule has 0 fully saturated rings. The molecule has 0 radical (unpaired) electrons. The Morgan fingerprint density at radius 2 is 2.07 bits per heavy atom. The summed E-state index contributed by atoms with van der Waals surface area (Å²) in [6, 6.07) is 11.4. The van der Waals surface area contributed by atoms with Crippen molar-refractivity contribution in [3.8, 4) is 6.07 Å². The molecule has 0 amide bonds. The molecular weight excluding hydrogens is 178 g/mol. The number of benzene rings is 1. The fraction of sp³-hybridized carbons (Fsp3) is 0.364. The number of nitriles is 1. The van der Waals surface area contributed by atoms with Crippen LogP contribution in [0.2, 0.25) is 0 Å². The van der Waals surface area contributed by atoms with E-state index in [1.54, 1.807) is 13.0 Å². The van der Waals surface area contributed by atoms with Gasteiger partial charge in [0.1, 0.15) is 0 Å². The molecule has 0 saturated carbocycles. The van der Waals surface area contributed by atoms with Crippen molar-refractivity contribution in [1.29, 1.82) is 5.26 Å². The molecule has 0 spiro atoms. The van der Waals surface area contributed by atoms with Crippen LogP contribution in [0.15, 0.2) is 30.3 Å². The van der Waals surface area contributed by atoms with Gasteiger partial charge in [0, 0.05) is 0 Å². The van der Waals surface area contributed by atoms with Crippen molar-refractivity contribution < 1.29 is 9.84 Å². The van der Waals surface area contributed by atoms with Gasteiger partial charge in [0.2, 0.25) is 0 Å². The lowest BCUT2D eigenvalue weighted by atomic mass is 10.2. The van der Waals surface area contributed by atoms with Gasteiger partial charge in [0.25, 0.3) is 0 Å². The normalized spacial score (nSPS) is 14.4. The van der Waals surface area contributed by atoms with Gasteiger partial charge in [-0.15, -0.1) is 0 Å². The standard InChI is InChI=1S/C11H13NO2/c1-9(11(13)7-12)14-8-10-5-3-2-4-6-10/h2-6,9,11,13H,8H2,1H3/t9-,11?/m0/s1. The summed E-state index contributed by atoms with van der Waals surface area (Å²) in [4.78, 5) is 0. The van der Waals surface area contributed by atoms with Crippen molar-refractivity contribution in [3.05, 3.63) is 35.9 Å². The number of nitrogens with zero attached hydrogens (tertiary/aromatic N) is 1. The van der Waals surface area contributed by atoms with Crippen molar-refractivity contribution in [2.24, 2.45) is 0 Å². The molecule has 0 aliphatic rings. The Morgan fingerprint density at radius 1 is 1.43 bits per heavy atom. The summed E-state index contributed by atoms with van der Waals surface area (Å²) in [6.45, 7) is 2.09. The molecular formula is C11H13NO2. The summed E-state index contributed by atoms with van der Waals surface area (Å²) >= 11 is 0. The van der Waals surface area contributed by atoms with Gasteiger partial charge >= 0.3 is 0 Å². The molecule has 1 rings (SSSR count). The van der Waals surface area contributed by atoms with Crippen LogP contribution in [0.5, 0.6) is 0 Å². The largest absolute Gasteiger partial charge is 0.375 e. The Labute approximate surface area is 83.6 Å². The average molecular weight is 191 g/mol. The van der Waals surface area contributed by atoms with Gasteiger partial charge in [-0.3, -0.25) is 0 Å². The Balaban J connectivity index is 2.39. The topological polar surface area (TPSA) is 53.2 Å². The summed E-state index contributed by atoms with van der Waals surface area (Å²) in [5, 5.41) is 17.5. The van der Waals surface area contributed by atoms with E-state index in [0.717, 1.165) is 5.56 Å². The zero-order chi connectivity index (χ0) is 10.4. The monoisotopic (exact) mass is 191 g/mol. The molecule has 0 aliphatic heterocycles. The first-order valence-electron chi connectivity index (χ1n) is 4.47. The fourth-order valence-electron chi connectivity index (χ4n) is 0.998. The van der Waals surface area contributed by atoms with Gasteiger partial charge in [-0.05, 0) is 12.5 Å². The zero-order valence-corrected chi connectivity index (χ0v) is 8.05. The number of hydrogen-bond acceptors (Lipinski definition) is 3. The SMILES string of the molecule is C[C@H](OCc1ccccc1)C(O)C#N. The van der Waals surface area contributed by atoms with Gasteiger partial charge in [-0.25, -0.2) is 0 Å². The average Bonchev–Trinajstić information content (AvgIpc) is 2.26. The molecule has 0 saturated heterocycles. The third kappa shape index (κ3) is 3.17. The van der Waals surface area contributed by atoms with Crippen molar-refractivity contribution in [2.45, 2.75) is 25.7 Å². The summed E-state index contributed by atoms with van der Waals surface area (Å²) in [5.41, 5.74) is 1.03. The number of aliphatic hydroxyl groups excluding tert-OH is 1. The maximum absolute atomic E-state index is 9.12. The molecule has 3 heteroatoms. The number of ether oxygens (including phenoxy) is 1. The van der Waals surface area contributed by atoms with Crippen LogP contribution in [0, 0.1) is 11.3 Å². The second-order valence-corrected chi connectivity index (χ2v) is 3.08. The van der Waals surface area contributed by atoms with Crippen LogP contribution in [0.25, 0.3) is 0 Å². The molecule has 0 aliphatic carbocycles. The van der Waals surface area contributed by atoms with Gasteiger partial charge in [0.05, 0.1) is 18.8 Å². The molecule has 14 heavy (non-hydrogen) atoms. The van der Waals surface area contributed by atoms with E-state index in [9.17, 15) is 0 Å². The maximum atomic E-state index is 9.12. The third-order valence-corrected chi connectivity index (χ3v) is 1.93. The Morgan fingerprint density at radius 3 is 2.64 bits per heavy atom. The van der Waals surface area contributed by atoms with Crippen LogP contribution in [0.1, 0.15) is 12.5 Å². The quantitative estimate of drug-likeness (QED) is 0.733. The van der Waals surface area contributed by atoms with E-state index in [0.29, 0.717) is 6.61 Å². The molecule has 0 heterocycles. The smallest absolute Gasteiger partial charge is 0.166 e. The molecule has 0 aromatic heterocycles. The first-order valence-corrected chi connectivity index (χ1v) is 4.47. The minimum atomic E-state index is -1.06. The van der Waals surface area contributed by atoms with Crippen LogP contribution in [-0.2, 0) is 11.3 Å². The van der Waals surface area contributed by atoms with Gasteiger partial charge in [-0.1, -0.05) is 30.3 Å². The lowest BCUT2D eigenvalue weighted by Crippen LogP contribution is -2.23. The summed E-state index contributed by atoms with van der Waals surface area (Å²) in [5.74, 6) is 0. The Kier molecular flexibility index (Phi) is 4.11. The van der Waals surface area contributed by atoms with Crippen molar-refractivity contribution in [1.82, 2.24) is 0 Å². The van der Waals surface area contributed by atoms with Crippen LogP contribution < -0.4 is 0 Å². The zero-order valence-electron chi connectivity index (χ0n) is 8.05. The molecule has 1 N–H and O–H groups in total. The lowest BCUT2D eigenvalue weighted by molar-refractivity contribution is -0.0123. The molecule has 1 aromatic carbocycles. The van der Waals surface area contributed by atoms with Gasteiger partial charge in [-0.2, -0.15) is 5.26 Å². The van der Waals surface area contributed by atoms with E-state index < -0.39 is 12.2 Å². The highest BCUT2D eigenvalue weighted by Crippen LogP contribution is 2.05. The second kappa shape index (κ2) is 5.38. The van der Waals surface area contributed by atoms with Crippen molar-refractivity contribution in [3.63, 3.8) is 0 Å². The molecule has 2 atom stereocenters. The second-order valence-electron chi connectivity index (χ2n) is 3.08. The maximum Gasteiger partial charge on any atom is 0.166 e. The fourth-order valence-corrected chi connectivity index (χ4v) is 0.998.